The minimum Gasteiger partial charge on any atom is -0.445 e. The average Bonchev–Trinajstić information content (AvgIpc) is 2.59. The third-order valence-electron chi connectivity index (χ3n) is 3.37. The van der Waals surface area contributed by atoms with E-state index in [1.807, 2.05) is 0 Å². The van der Waals surface area contributed by atoms with Crippen LogP contribution in [0.25, 0.3) is 0 Å². The van der Waals surface area contributed by atoms with Crippen LogP contribution >= 0.6 is 0 Å². The van der Waals surface area contributed by atoms with Crippen molar-refractivity contribution >= 4 is 17.7 Å². The number of amides is 2. The molecule has 0 spiro atoms. The number of alkyl carbamates (subject to hydrolysis) is 1. The van der Waals surface area contributed by atoms with Crippen LogP contribution in [0.1, 0.15) is 5.56 Å². The second-order valence-electron chi connectivity index (χ2n) is 4.98. The molecule has 1 aliphatic rings. The summed E-state index contributed by atoms with van der Waals surface area (Å²) < 4.78 is 4.96. The Bertz CT molecular complexity index is 569. The molecule has 0 radical (unpaired) electrons. The van der Waals surface area contributed by atoms with E-state index in [2.05, 4.69) is 10.6 Å². The molecule has 124 valence electrons. The molecule has 0 bridgehead atoms. The summed E-state index contributed by atoms with van der Waals surface area (Å²) in [5.41, 5.74) is 0.596. The summed E-state index contributed by atoms with van der Waals surface area (Å²) in [6.07, 6.45) is -0.702. The van der Waals surface area contributed by atoms with Crippen molar-refractivity contribution in [2.24, 2.45) is 0 Å². The highest BCUT2D eigenvalue weighted by molar-refractivity contribution is 5.82. The normalized spacial score (nSPS) is 14.2. The zero-order valence-electron chi connectivity index (χ0n) is 12.5. The highest BCUT2D eigenvalue weighted by Gasteiger charge is 2.16. The van der Waals surface area contributed by atoms with Crippen molar-refractivity contribution in [2.45, 2.75) is 6.61 Å². The number of benzene rings is 1. The van der Waals surface area contributed by atoms with Crippen LogP contribution in [-0.2, 0) is 16.1 Å². The van der Waals surface area contributed by atoms with Gasteiger partial charge in [-0.1, -0.05) is 0 Å². The van der Waals surface area contributed by atoms with Crippen molar-refractivity contribution in [1.29, 1.82) is 0 Å². The molecule has 2 rings (SSSR count). The van der Waals surface area contributed by atoms with E-state index in [0.29, 0.717) is 18.7 Å². The lowest BCUT2D eigenvalue weighted by Gasteiger charge is -2.27. The van der Waals surface area contributed by atoms with Gasteiger partial charge in [-0.05, 0) is 17.7 Å². The number of hydrogen-bond donors (Lipinski definition) is 2. The molecule has 2 N–H and O–H groups in total. The van der Waals surface area contributed by atoms with Gasteiger partial charge in [-0.25, -0.2) is 4.79 Å². The van der Waals surface area contributed by atoms with E-state index in [0.717, 1.165) is 13.1 Å². The summed E-state index contributed by atoms with van der Waals surface area (Å²) in [4.78, 5) is 35.1. The maximum Gasteiger partial charge on any atom is 0.407 e. The lowest BCUT2D eigenvalue weighted by Crippen LogP contribution is -2.49. The monoisotopic (exact) mass is 322 g/mol. The predicted molar refractivity (Wildman–Crippen MR) is 80.7 cm³/mol. The van der Waals surface area contributed by atoms with Gasteiger partial charge in [0, 0.05) is 38.3 Å². The quantitative estimate of drug-likeness (QED) is 0.593. The first-order valence-electron chi connectivity index (χ1n) is 7.18. The molecule has 1 aromatic carbocycles. The molecule has 1 aliphatic heterocycles. The first kappa shape index (κ1) is 16.7. The number of nitro groups is 1. The largest absolute Gasteiger partial charge is 0.445 e. The predicted octanol–water partition coefficient (Wildman–Crippen LogP) is 0.253. The van der Waals surface area contributed by atoms with E-state index < -0.39 is 11.0 Å². The van der Waals surface area contributed by atoms with Crippen LogP contribution < -0.4 is 10.6 Å². The number of ether oxygens (including phenoxy) is 1. The first-order chi connectivity index (χ1) is 11.1. The van der Waals surface area contributed by atoms with Crippen molar-refractivity contribution in [3.05, 3.63) is 39.9 Å². The maximum absolute atomic E-state index is 11.8. The Morgan fingerprint density at radius 1 is 1.26 bits per heavy atom. The Hall–Kier alpha value is -2.68. The van der Waals surface area contributed by atoms with Gasteiger partial charge in [0.1, 0.15) is 13.2 Å². The molecule has 1 aromatic rings. The minimum atomic E-state index is -0.702. The van der Waals surface area contributed by atoms with Crippen molar-refractivity contribution in [3.63, 3.8) is 0 Å². The fourth-order valence-corrected chi connectivity index (χ4v) is 2.09. The molecule has 0 unspecified atom stereocenters. The highest BCUT2D eigenvalue weighted by Crippen LogP contribution is 2.12. The Balaban J connectivity index is 1.70. The van der Waals surface area contributed by atoms with Gasteiger partial charge < -0.3 is 20.3 Å². The van der Waals surface area contributed by atoms with Gasteiger partial charge in [-0.3, -0.25) is 14.9 Å². The van der Waals surface area contributed by atoms with Crippen molar-refractivity contribution < 1.29 is 19.2 Å². The van der Waals surface area contributed by atoms with Gasteiger partial charge in [0.2, 0.25) is 5.91 Å². The van der Waals surface area contributed by atoms with Gasteiger partial charge >= 0.3 is 6.09 Å². The van der Waals surface area contributed by atoms with Gasteiger partial charge in [-0.2, -0.15) is 0 Å². The molecule has 9 heteroatoms. The standard InChI is InChI=1S/C14H18N4O5/c19-13(17-7-5-15-6-8-17)9-16-14(20)23-10-11-1-3-12(4-2-11)18(21)22/h1-4,15H,5-10H2,(H,16,20). The van der Waals surface area contributed by atoms with E-state index in [1.54, 1.807) is 4.90 Å². The number of nitro benzene ring substituents is 1. The topological polar surface area (TPSA) is 114 Å². The Morgan fingerprint density at radius 2 is 1.91 bits per heavy atom. The van der Waals surface area contributed by atoms with Crippen LogP contribution in [-0.4, -0.2) is 54.5 Å². The van der Waals surface area contributed by atoms with Crippen molar-refractivity contribution in [1.82, 2.24) is 15.5 Å². The molecule has 0 atom stereocenters. The molecule has 1 heterocycles. The zero-order valence-corrected chi connectivity index (χ0v) is 12.5. The van der Waals surface area contributed by atoms with Crippen LogP contribution in [0, 0.1) is 10.1 Å². The smallest absolute Gasteiger partial charge is 0.407 e. The van der Waals surface area contributed by atoms with Crippen LogP contribution in [0.15, 0.2) is 24.3 Å². The molecular formula is C14H18N4O5. The van der Waals surface area contributed by atoms with E-state index in [1.165, 1.54) is 24.3 Å². The van der Waals surface area contributed by atoms with Crippen LogP contribution in [0.2, 0.25) is 0 Å². The fourth-order valence-electron chi connectivity index (χ4n) is 2.09. The molecule has 2 amide bonds. The molecule has 9 nitrogen and oxygen atoms in total. The third-order valence-corrected chi connectivity index (χ3v) is 3.37. The van der Waals surface area contributed by atoms with E-state index >= 15 is 0 Å². The molecule has 1 fully saturated rings. The molecule has 0 saturated carbocycles. The summed E-state index contributed by atoms with van der Waals surface area (Å²) in [7, 11) is 0. The second-order valence-corrected chi connectivity index (χ2v) is 4.98. The Labute approximate surface area is 132 Å². The maximum atomic E-state index is 11.8. The lowest BCUT2D eigenvalue weighted by molar-refractivity contribution is -0.384. The minimum absolute atomic E-state index is 0.0222. The summed E-state index contributed by atoms with van der Waals surface area (Å²) >= 11 is 0. The summed E-state index contributed by atoms with van der Waals surface area (Å²) in [5, 5.41) is 16.1. The van der Waals surface area contributed by atoms with Crippen LogP contribution in [0.3, 0.4) is 0 Å². The lowest BCUT2D eigenvalue weighted by atomic mass is 10.2. The SMILES string of the molecule is O=C(NCC(=O)N1CCNCC1)OCc1ccc([N+](=O)[O-])cc1. The summed E-state index contributed by atoms with van der Waals surface area (Å²) in [6, 6.07) is 5.70. The van der Waals surface area contributed by atoms with E-state index in [-0.39, 0.29) is 24.7 Å². The molecule has 23 heavy (non-hydrogen) atoms. The Kier molecular flexibility index (Phi) is 5.87. The number of carbonyl (C=O) groups is 2. The zero-order chi connectivity index (χ0) is 16.7. The van der Waals surface area contributed by atoms with Gasteiger partial charge in [0.05, 0.1) is 4.92 Å². The summed E-state index contributed by atoms with van der Waals surface area (Å²) in [6.45, 7) is 2.61. The third kappa shape index (κ3) is 5.22. The number of non-ortho nitro benzene ring substituents is 1. The number of nitrogens with one attached hydrogen (secondary N) is 2. The second kappa shape index (κ2) is 8.08. The first-order valence-corrected chi connectivity index (χ1v) is 7.18. The van der Waals surface area contributed by atoms with E-state index in [4.69, 9.17) is 4.74 Å². The van der Waals surface area contributed by atoms with Gasteiger partial charge in [0.15, 0.2) is 0 Å². The number of carbonyl (C=O) groups excluding carboxylic acids is 2. The Morgan fingerprint density at radius 3 is 2.52 bits per heavy atom. The molecule has 0 aromatic heterocycles. The fraction of sp³-hybridized carbons (Fsp3) is 0.429. The van der Waals surface area contributed by atoms with Crippen LogP contribution in [0.4, 0.5) is 10.5 Å². The molecule has 0 aliphatic carbocycles. The van der Waals surface area contributed by atoms with Crippen molar-refractivity contribution in [2.75, 3.05) is 32.7 Å². The van der Waals surface area contributed by atoms with Gasteiger partial charge in [0.25, 0.3) is 5.69 Å². The van der Waals surface area contributed by atoms with E-state index in [9.17, 15) is 19.7 Å². The number of hydrogen-bond acceptors (Lipinski definition) is 6. The number of nitrogens with zero attached hydrogens (tertiary/aromatic N) is 2. The average molecular weight is 322 g/mol. The number of rotatable bonds is 5. The molecular weight excluding hydrogens is 304 g/mol. The van der Waals surface area contributed by atoms with Gasteiger partial charge in [-0.15, -0.1) is 0 Å². The summed E-state index contributed by atoms with van der Waals surface area (Å²) in [5.74, 6) is -0.154. The van der Waals surface area contributed by atoms with Crippen molar-refractivity contribution in [3.8, 4) is 0 Å². The number of piperazine rings is 1. The van der Waals surface area contributed by atoms with Crippen LogP contribution in [0.5, 0.6) is 0 Å². The molecule has 1 saturated heterocycles. The highest BCUT2D eigenvalue weighted by atomic mass is 16.6.